The second kappa shape index (κ2) is 5.46. The number of hydrogen-bond donors (Lipinski definition) is 2. The Balaban J connectivity index is 1.87. The maximum atomic E-state index is 11.9. The molecule has 2 rings (SSSR count). The van der Waals surface area contributed by atoms with Gasteiger partial charge in [-0.05, 0) is 19.8 Å². The van der Waals surface area contributed by atoms with E-state index in [1.54, 1.807) is 21.7 Å². The van der Waals surface area contributed by atoms with Gasteiger partial charge in [-0.3, -0.25) is 0 Å². The highest BCUT2D eigenvalue weighted by molar-refractivity contribution is 7.09. The molecule has 17 heavy (non-hydrogen) atoms. The molecule has 1 aromatic rings. The third-order valence-corrected chi connectivity index (χ3v) is 4.03. The topological polar surface area (TPSA) is 65.5 Å². The Morgan fingerprint density at radius 2 is 2.59 bits per heavy atom. The minimum absolute atomic E-state index is 0.0162. The number of aliphatic hydroxyl groups is 1. The van der Waals surface area contributed by atoms with E-state index in [0.29, 0.717) is 6.54 Å². The lowest BCUT2D eigenvalue weighted by Gasteiger charge is -2.23. The number of carbonyl (C=O) groups excluding carboxylic acids is 1. The summed E-state index contributed by atoms with van der Waals surface area (Å²) >= 11 is 1.55. The van der Waals surface area contributed by atoms with Crippen LogP contribution in [0.2, 0.25) is 0 Å². The summed E-state index contributed by atoms with van der Waals surface area (Å²) in [6.07, 6.45) is 1.86. The largest absolute Gasteiger partial charge is 0.394 e. The molecule has 5 nitrogen and oxygen atoms in total. The van der Waals surface area contributed by atoms with Crippen molar-refractivity contribution >= 4 is 17.4 Å². The van der Waals surface area contributed by atoms with Crippen LogP contribution in [0.3, 0.4) is 0 Å². The van der Waals surface area contributed by atoms with Crippen molar-refractivity contribution in [2.45, 2.75) is 32.4 Å². The molecule has 6 heteroatoms. The maximum Gasteiger partial charge on any atom is 0.318 e. The quantitative estimate of drug-likeness (QED) is 0.850. The van der Waals surface area contributed by atoms with Crippen molar-refractivity contribution in [1.29, 1.82) is 0 Å². The van der Waals surface area contributed by atoms with Gasteiger partial charge >= 0.3 is 6.03 Å². The SMILES string of the molecule is Cc1ncsc1CNC(=O)N1CCCC1CO. The first-order valence-electron chi connectivity index (χ1n) is 5.76. The molecular formula is C11H17N3O2S. The van der Waals surface area contributed by atoms with Gasteiger partial charge in [-0.2, -0.15) is 0 Å². The van der Waals surface area contributed by atoms with Gasteiger partial charge in [0.25, 0.3) is 0 Å². The molecule has 2 N–H and O–H groups in total. The third-order valence-electron chi connectivity index (χ3n) is 3.09. The Hall–Kier alpha value is -1.14. The highest BCUT2D eigenvalue weighted by Gasteiger charge is 2.27. The van der Waals surface area contributed by atoms with Gasteiger partial charge in [0.2, 0.25) is 0 Å². The van der Waals surface area contributed by atoms with Crippen molar-refractivity contribution in [1.82, 2.24) is 15.2 Å². The number of nitrogens with zero attached hydrogens (tertiary/aromatic N) is 2. The first kappa shape index (κ1) is 12.3. The summed E-state index contributed by atoms with van der Waals surface area (Å²) in [6.45, 7) is 3.24. The van der Waals surface area contributed by atoms with E-state index in [9.17, 15) is 4.79 Å². The molecule has 1 aliphatic rings. The second-order valence-electron chi connectivity index (χ2n) is 4.19. The number of carbonyl (C=O) groups is 1. The molecule has 2 amide bonds. The van der Waals surface area contributed by atoms with Crippen molar-refractivity contribution in [2.24, 2.45) is 0 Å². The average Bonchev–Trinajstić information content (AvgIpc) is 2.94. The van der Waals surface area contributed by atoms with Crippen LogP contribution in [0.15, 0.2) is 5.51 Å². The number of aliphatic hydroxyl groups excluding tert-OH is 1. The Morgan fingerprint density at radius 3 is 3.24 bits per heavy atom. The van der Waals surface area contributed by atoms with Crippen LogP contribution in [-0.2, 0) is 6.54 Å². The lowest BCUT2D eigenvalue weighted by Crippen LogP contribution is -2.43. The normalized spacial score (nSPS) is 19.6. The fourth-order valence-electron chi connectivity index (χ4n) is 2.05. The number of hydrogen-bond acceptors (Lipinski definition) is 4. The van der Waals surface area contributed by atoms with E-state index < -0.39 is 0 Å². The van der Waals surface area contributed by atoms with Crippen LogP contribution >= 0.6 is 11.3 Å². The van der Waals surface area contributed by atoms with Gasteiger partial charge in [0.05, 0.1) is 30.4 Å². The standard InChI is InChI=1S/C11H17N3O2S/c1-8-10(17-7-13-8)5-12-11(16)14-4-2-3-9(14)6-15/h7,9,15H,2-6H2,1H3,(H,12,16). The molecule has 1 saturated heterocycles. The Kier molecular flexibility index (Phi) is 3.96. The van der Waals surface area contributed by atoms with Gasteiger partial charge < -0.3 is 15.3 Å². The van der Waals surface area contributed by atoms with E-state index in [0.717, 1.165) is 30.0 Å². The molecule has 0 saturated carbocycles. The first-order chi connectivity index (χ1) is 8.22. The van der Waals surface area contributed by atoms with E-state index >= 15 is 0 Å². The van der Waals surface area contributed by atoms with Crippen molar-refractivity contribution in [3.05, 3.63) is 16.1 Å². The van der Waals surface area contributed by atoms with E-state index in [1.165, 1.54) is 0 Å². The monoisotopic (exact) mass is 255 g/mol. The molecule has 0 spiro atoms. The van der Waals surface area contributed by atoms with Crippen molar-refractivity contribution in [3.8, 4) is 0 Å². The molecule has 0 aliphatic carbocycles. The molecule has 1 aliphatic heterocycles. The van der Waals surface area contributed by atoms with Gasteiger partial charge in [-0.1, -0.05) is 0 Å². The smallest absolute Gasteiger partial charge is 0.318 e. The molecule has 1 atom stereocenters. The van der Waals surface area contributed by atoms with Crippen LogP contribution < -0.4 is 5.32 Å². The summed E-state index contributed by atoms with van der Waals surface area (Å²) in [5.74, 6) is 0. The highest BCUT2D eigenvalue weighted by Crippen LogP contribution is 2.17. The molecular weight excluding hydrogens is 238 g/mol. The van der Waals surface area contributed by atoms with Crippen LogP contribution in [0.4, 0.5) is 4.79 Å². The first-order valence-corrected chi connectivity index (χ1v) is 6.64. The maximum absolute atomic E-state index is 11.9. The Bertz CT molecular complexity index is 394. The fourth-order valence-corrected chi connectivity index (χ4v) is 2.76. The lowest BCUT2D eigenvalue weighted by atomic mass is 10.2. The summed E-state index contributed by atoms with van der Waals surface area (Å²) in [5, 5.41) is 12.0. The number of aromatic nitrogens is 1. The van der Waals surface area contributed by atoms with Gasteiger partial charge in [0, 0.05) is 11.4 Å². The average molecular weight is 255 g/mol. The van der Waals surface area contributed by atoms with E-state index in [1.807, 2.05) is 6.92 Å². The van der Waals surface area contributed by atoms with E-state index in [-0.39, 0.29) is 18.7 Å². The van der Waals surface area contributed by atoms with Crippen molar-refractivity contribution in [2.75, 3.05) is 13.2 Å². The predicted octanol–water partition coefficient (Wildman–Crippen LogP) is 1.12. The zero-order valence-corrected chi connectivity index (χ0v) is 10.7. The number of urea groups is 1. The van der Waals surface area contributed by atoms with Crippen molar-refractivity contribution < 1.29 is 9.90 Å². The van der Waals surface area contributed by atoms with Gasteiger partial charge in [0.1, 0.15) is 0 Å². The third kappa shape index (κ3) is 2.76. The molecule has 2 heterocycles. The molecule has 0 aromatic carbocycles. The second-order valence-corrected chi connectivity index (χ2v) is 5.13. The van der Waals surface area contributed by atoms with E-state index in [4.69, 9.17) is 5.11 Å². The van der Waals surface area contributed by atoms with E-state index in [2.05, 4.69) is 10.3 Å². The van der Waals surface area contributed by atoms with Gasteiger partial charge in [-0.25, -0.2) is 9.78 Å². The van der Waals surface area contributed by atoms with Gasteiger partial charge in [0.15, 0.2) is 0 Å². The molecule has 1 aromatic heterocycles. The summed E-state index contributed by atoms with van der Waals surface area (Å²) in [7, 11) is 0. The van der Waals surface area contributed by atoms with Crippen LogP contribution in [0.5, 0.6) is 0 Å². The number of likely N-dealkylation sites (tertiary alicyclic amines) is 1. The van der Waals surface area contributed by atoms with Crippen LogP contribution in [0.1, 0.15) is 23.4 Å². The highest BCUT2D eigenvalue weighted by atomic mass is 32.1. The molecule has 1 unspecified atom stereocenters. The number of amides is 2. The predicted molar refractivity (Wildman–Crippen MR) is 65.9 cm³/mol. The van der Waals surface area contributed by atoms with Crippen LogP contribution in [0.25, 0.3) is 0 Å². The summed E-state index contributed by atoms with van der Waals surface area (Å²) < 4.78 is 0. The molecule has 0 radical (unpaired) electrons. The summed E-state index contributed by atoms with van der Waals surface area (Å²) in [5.41, 5.74) is 2.75. The van der Waals surface area contributed by atoms with Gasteiger partial charge in [-0.15, -0.1) is 11.3 Å². The number of rotatable bonds is 3. The number of aryl methyl sites for hydroxylation is 1. The zero-order valence-electron chi connectivity index (χ0n) is 9.85. The zero-order chi connectivity index (χ0) is 12.3. The van der Waals surface area contributed by atoms with Crippen LogP contribution in [0, 0.1) is 6.92 Å². The molecule has 1 fully saturated rings. The molecule has 0 bridgehead atoms. The summed E-state index contributed by atoms with van der Waals surface area (Å²) in [6, 6.07) is -0.105. The lowest BCUT2D eigenvalue weighted by molar-refractivity contribution is 0.157. The fraction of sp³-hybridized carbons (Fsp3) is 0.636. The summed E-state index contributed by atoms with van der Waals surface area (Å²) in [4.78, 5) is 18.8. The minimum atomic E-state index is -0.0886. The van der Waals surface area contributed by atoms with Crippen LogP contribution in [-0.4, -0.2) is 40.2 Å². The number of thiazole rings is 1. The molecule has 94 valence electrons. The minimum Gasteiger partial charge on any atom is -0.394 e. The Morgan fingerprint density at radius 1 is 1.76 bits per heavy atom. The Labute approximate surface area is 104 Å². The van der Waals surface area contributed by atoms with Crippen molar-refractivity contribution in [3.63, 3.8) is 0 Å². The number of nitrogens with one attached hydrogen (secondary N) is 1.